The molecule has 1 heteroatoms. The number of hydrogen-bond acceptors (Lipinski definition) is 0. The number of aryl methyl sites for hydroxylation is 1. The quantitative estimate of drug-likeness (QED) is 0.514. The summed E-state index contributed by atoms with van der Waals surface area (Å²) >= 11 is 0. The third kappa shape index (κ3) is 4.39. The Bertz CT molecular complexity index is 724. The maximum absolute atomic E-state index is 14.7. The summed E-state index contributed by atoms with van der Waals surface area (Å²) in [5.74, 6) is 0.705. The smallest absolute Gasteiger partial charge is 0.131 e. The minimum absolute atomic E-state index is 0.114. The van der Waals surface area contributed by atoms with Gasteiger partial charge in [-0.1, -0.05) is 75.6 Å². The third-order valence-electron chi connectivity index (χ3n) is 5.36. The lowest BCUT2D eigenvalue weighted by Crippen LogP contribution is -2.05. The first-order chi connectivity index (χ1) is 12.2. The van der Waals surface area contributed by atoms with E-state index in [2.05, 4.69) is 38.1 Å². The summed E-state index contributed by atoms with van der Waals surface area (Å²) in [6.07, 6.45) is 10.6. The molecule has 0 saturated carbocycles. The van der Waals surface area contributed by atoms with Crippen molar-refractivity contribution in [2.45, 2.75) is 58.8 Å². The van der Waals surface area contributed by atoms with Crippen LogP contribution in [-0.4, -0.2) is 0 Å². The Morgan fingerprint density at radius 2 is 1.72 bits per heavy atom. The molecule has 0 aromatic heterocycles. The van der Waals surface area contributed by atoms with Crippen molar-refractivity contribution in [3.8, 4) is 11.1 Å². The zero-order chi connectivity index (χ0) is 17.6. The van der Waals surface area contributed by atoms with Crippen molar-refractivity contribution in [3.05, 3.63) is 65.5 Å². The highest BCUT2D eigenvalue weighted by molar-refractivity contribution is 5.71. The van der Waals surface area contributed by atoms with Crippen LogP contribution in [0.2, 0.25) is 0 Å². The first-order valence-electron chi connectivity index (χ1n) is 9.79. The molecule has 1 atom stereocenters. The van der Waals surface area contributed by atoms with Crippen LogP contribution in [0.25, 0.3) is 16.7 Å². The van der Waals surface area contributed by atoms with Crippen molar-refractivity contribution in [1.82, 2.24) is 0 Å². The van der Waals surface area contributed by atoms with Crippen molar-refractivity contribution >= 4 is 5.57 Å². The zero-order valence-corrected chi connectivity index (χ0v) is 15.5. The molecule has 0 N–H and O–H groups in total. The van der Waals surface area contributed by atoms with Gasteiger partial charge < -0.3 is 0 Å². The van der Waals surface area contributed by atoms with Gasteiger partial charge in [-0.25, -0.2) is 4.39 Å². The summed E-state index contributed by atoms with van der Waals surface area (Å²) < 4.78 is 14.7. The van der Waals surface area contributed by atoms with Gasteiger partial charge in [0.2, 0.25) is 0 Å². The second-order valence-electron chi connectivity index (χ2n) is 7.30. The van der Waals surface area contributed by atoms with E-state index >= 15 is 0 Å². The van der Waals surface area contributed by atoms with E-state index in [1.165, 1.54) is 30.4 Å². The van der Waals surface area contributed by atoms with Gasteiger partial charge in [0.1, 0.15) is 5.82 Å². The lowest BCUT2D eigenvalue weighted by atomic mass is 9.84. The second-order valence-corrected chi connectivity index (χ2v) is 7.30. The topological polar surface area (TPSA) is 0 Å². The van der Waals surface area contributed by atoms with Gasteiger partial charge >= 0.3 is 0 Å². The molecule has 1 aliphatic carbocycles. The summed E-state index contributed by atoms with van der Waals surface area (Å²) in [4.78, 5) is 0. The first-order valence-corrected chi connectivity index (χ1v) is 9.79. The van der Waals surface area contributed by atoms with Crippen LogP contribution in [0.3, 0.4) is 0 Å². The average molecular weight is 336 g/mol. The van der Waals surface area contributed by atoms with Gasteiger partial charge in [-0.15, -0.1) is 0 Å². The molecule has 0 saturated heterocycles. The third-order valence-corrected chi connectivity index (χ3v) is 5.36. The van der Waals surface area contributed by atoms with Gasteiger partial charge in [0.25, 0.3) is 0 Å². The number of hydrogen-bond donors (Lipinski definition) is 0. The van der Waals surface area contributed by atoms with Crippen LogP contribution in [0.5, 0.6) is 0 Å². The highest BCUT2D eigenvalue weighted by Gasteiger charge is 2.16. The van der Waals surface area contributed by atoms with Crippen LogP contribution < -0.4 is 0 Å². The minimum Gasteiger partial charge on any atom is -0.206 e. The Hall–Kier alpha value is -1.89. The molecule has 0 nitrogen and oxygen atoms in total. The van der Waals surface area contributed by atoms with Gasteiger partial charge in [0.15, 0.2) is 0 Å². The monoisotopic (exact) mass is 336 g/mol. The van der Waals surface area contributed by atoms with E-state index in [-0.39, 0.29) is 5.82 Å². The van der Waals surface area contributed by atoms with Crippen molar-refractivity contribution in [2.75, 3.05) is 0 Å². The standard InChI is InChI=1S/C24H29F/c1-3-5-18-7-11-20(12-8-18)22-15-16-23(24(25)17-22)21-13-9-19(6-4-2)10-14-21/h9-11,13-18H,3-8,12H2,1-2H3. The molecule has 0 amide bonds. The van der Waals surface area contributed by atoms with Crippen molar-refractivity contribution in [1.29, 1.82) is 0 Å². The summed E-state index contributed by atoms with van der Waals surface area (Å²) in [7, 11) is 0. The van der Waals surface area contributed by atoms with Gasteiger partial charge in [-0.05, 0) is 59.9 Å². The van der Waals surface area contributed by atoms with E-state index in [0.717, 1.165) is 42.7 Å². The molecule has 2 aromatic rings. The fraction of sp³-hybridized carbons (Fsp3) is 0.417. The van der Waals surface area contributed by atoms with Crippen LogP contribution in [0, 0.1) is 11.7 Å². The molecule has 0 spiro atoms. The van der Waals surface area contributed by atoms with E-state index in [9.17, 15) is 4.39 Å². The maximum Gasteiger partial charge on any atom is 0.131 e. The van der Waals surface area contributed by atoms with E-state index in [4.69, 9.17) is 0 Å². The van der Waals surface area contributed by atoms with E-state index in [1.54, 1.807) is 6.07 Å². The van der Waals surface area contributed by atoms with Crippen molar-refractivity contribution < 1.29 is 4.39 Å². The molecule has 0 fully saturated rings. The molecule has 0 heterocycles. The molecule has 3 rings (SSSR count). The average Bonchev–Trinajstić information content (AvgIpc) is 2.64. The molecular weight excluding hydrogens is 307 g/mol. The van der Waals surface area contributed by atoms with E-state index in [1.807, 2.05) is 18.2 Å². The second kappa shape index (κ2) is 8.47. The minimum atomic E-state index is -0.114. The Morgan fingerprint density at radius 1 is 0.960 bits per heavy atom. The van der Waals surface area contributed by atoms with E-state index < -0.39 is 0 Å². The molecule has 0 aliphatic heterocycles. The molecule has 1 aliphatic rings. The number of rotatable bonds is 6. The fourth-order valence-corrected chi connectivity index (χ4v) is 3.91. The summed E-state index contributed by atoms with van der Waals surface area (Å²) in [6.45, 7) is 4.43. The SMILES string of the molecule is CCCc1ccc(-c2ccc(C3=CCC(CCC)CC3)cc2F)cc1. The highest BCUT2D eigenvalue weighted by Crippen LogP contribution is 2.34. The molecule has 1 unspecified atom stereocenters. The largest absolute Gasteiger partial charge is 0.206 e. The molecule has 25 heavy (non-hydrogen) atoms. The lowest BCUT2D eigenvalue weighted by Gasteiger charge is -2.22. The van der Waals surface area contributed by atoms with Crippen molar-refractivity contribution in [2.24, 2.45) is 5.92 Å². The van der Waals surface area contributed by atoms with Gasteiger partial charge in [0.05, 0.1) is 0 Å². The molecule has 2 aromatic carbocycles. The molecule has 0 radical (unpaired) electrons. The van der Waals surface area contributed by atoms with Crippen molar-refractivity contribution in [3.63, 3.8) is 0 Å². The molecule has 0 bridgehead atoms. The number of allylic oxidation sites excluding steroid dienone is 2. The molecular formula is C24H29F. The fourth-order valence-electron chi connectivity index (χ4n) is 3.91. The van der Waals surface area contributed by atoms with Gasteiger partial charge in [0, 0.05) is 5.56 Å². The Kier molecular flexibility index (Phi) is 6.07. The summed E-state index contributed by atoms with van der Waals surface area (Å²) in [5, 5.41) is 0. The van der Waals surface area contributed by atoms with Crippen LogP contribution in [0.15, 0.2) is 48.5 Å². The van der Waals surface area contributed by atoms with Crippen LogP contribution in [0.4, 0.5) is 4.39 Å². The van der Waals surface area contributed by atoms with Crippen LogP contribution in [0.1, 0.15) is 63.5 Å². The Balaban J connectivity index is 1.77. The normalized spacial score (nSPS) is 17.4. The summed E-state index contributed by atoms with van der Waals surface area (Å²) in [5.41, 5.74) is 5.35. The van der Waals surface area contributed by atoms with Gasteiger partial charge in [-0.3, -0.25) is 0 Å². The summed E-state index contributed by atoms with van der Waals surface area (Å²) in [6, 6.07) is 14.1. The predicted octanol–water partition coefficient (Wildman–Crippen LogP) is 7.43. The lowest BCUT2D eigenvalue weighted by molar-refractivity contribution is 0.445. The molecule has 132 valence electrons. The zero-order valence-electron chi connectivity index (χ0n) is 15.5. The first kappa shape index (κ1) is 17.9. The predicted molar refractivity (Wildman–Crippen MR) is 106 cm³/mol. The number of halogens is 1. The van der Waals surface area contributed by atoms with Crippen LogP contribution in [-0.2, 0) is 6.42 Å². The van der Waals surface area contributed by atoms with Gasteiger partial charge in [-0.2, -0.15) is 0 Å². The maximum atomic E-state index is 14.7. The Labute approximate surface area is 151 Å². The van der Waals surface area contributed by atoms with E-state index in [0.29, 0.717) is 5.56 Å². The highest BCUT2D eigenvalue weighted by atomic mass is 19.1. The van der Waals surface area contributed by atoms with Crippen LogP contribution >= 0.6 is 0 Å². The number of benzene rings is 2. The Morgan fingerprint density at radius 3 is 2.32 bits per heavy atom.